The summed E-state index contributed by atoms with van der Waals surface area (Å²) in [5.74, 6) is 1.05. The maximum Gasteiger partial charge on any atom is 0.243 e. The highest BCUT2D eigenvalue weighted by atomic mass is 32.2. The van der Waals surface area contributed by atoms with Crippen molar-refractivity contribution in [3.63, 3.8) is 0 Å². The van der Waals surface area contributed by atoms with Crippen molar-refractivity contribution in [1.29, 1.82) is 0 Å². The number of hydrogen-bond donors (Lipinski definition) is 1. The molecule has 0 bridgehead atoms. The maximum absolute atomic E-state index is 13.2. The summed E-state index contributed by atoms with van der Waals surface area (Å²) < 4.78 is 0. The Bertz CT molecular complexity index is 833. The van der Waals surface area contributed by atoms with E-state index in [2.05, 4.69) is 24.4 Å². The second kappa shape index (κ2) is 11.8. The van der Waals surface area contributed by atoms with Gasteiger partial charge in [-0.1, -0.05) is 61.0 Å². The fourth-order valence-electron chi connectivity index (χ4n) is 3.29. The van der Waals surface area contributed by atoms with Crippen LogP contribution in [0.5, 0.6) is 0 Å². The zero-order chi connectivity index (χ0) is 22.1. The van der Waals surface area contributed by atoms with Crippen molar-refractivity contribution >= 4 is 23.6 Å². The van der Waals surface area contributed by atoms with Gasteiger partial charge in [0.15, 0.2) is 0 Å². The summed E-state index contributed by atoms with van der Waals surface area (Å²) in [6.07, 6.45) is 0.582. The van der Waals surface area contributed by atoms with Crippen molar-refractivity contribution in [2.75, 3.05) is 5.75 Å². The van der Waals surface area contributed by atoms with Crippen LogP contribution in [0.4, 0.5) is 0 Å². The van der Waals surface area contributed by atoms with Crippen molar-refractivity contribution < 1.29 is 9.59 Å². The largest absolute Gasteiger partial charge is 0.352 e. The second-order valence-electron chi connectivity index (χ2n) is 8.01. The van der Waals surface area contributed by atoms with Crippen molar-refractivity contribution in [2.45, 2.75) is 65.4 Å². The molecule has 0 aromatic heterocycles. The Hall–Kier alpha value is -2.27. The summed E-state index contributed by atoms with van der Waals surface area (Å²) in [4.78, 5) is 27.8. The quantitative estimate of drug-likeness (QED) is 0.590. The van der Waals surface area contributed by atoms with Crippen molar-refractivity contribution in [1.82, 2.24) is 10.2 Å². The van der Waals surface area contributed by atoms with Gasteiger partial charge in [-0.25, -0.2) is 0 Å². The Balaban J connectivity index is 2.13. The number of nitrogens with one attached hydrogen (secondary N) is 1. The number of rotatable bonds is 10. The van der Waals surface area contributed by atoms with Crippen LogP contribution in [0.3, 0.4) is 0 Å². The third-order valence-corrected chi connectivity index (χ3v) is 6.00. The number of aryl methyl sites for hydroxylation is 2. The number of amides is 2. The molecule has 0 saturated carbocycles. The van der Waals surface area contributed by atoms with Gasteiger partial charge >= 0.3 is 0 Å². The van der Waals surface area contributed by atoms with E-state index >= 15 is 0 Å². The van der Waals surface area contributed by atoms with Crippen LogP contribution in [0, 0.1) is 13.8 Å². The first-order chi connectivity index (χ1) is 14.3. The smallest absolute Gasteiger partial charge is 0.243 e. The van der Waals surface area contributed by atoms with E-state index in [4.69, 9.17) is 0 Å². The lowest BCUT2D eigenvalue weighted by atomic mass is 10.1. The lowest BCUT2D eigenvalue weighted by Crippen LogP contribution is -2.50. The van der Waals surface area contributed by atoms with Gasteiger partial charge in [0.2, 0.25) is 11.8 Å². The van der Waals surface area contributed by atoms with Gasteiger partial charge in [-0.05, 0) is 50.8 Å². The summed E-state index contributed by atoms with van der Waals surface area (Å²) in [5, 5.41) is 2.97. The third-order valence-electron chi connectivity index (χ3n) is 5.03. The van der Waals surface area contributed by atoms with E-state index in [9.17, 15) is 9.59 Å². The molecule has 2 amide bonds. The molecule has 2 rings (SSSR count). The highest BCUT2D eigenvalue weighted by molar-refractivity contribution is 7.99. The molecule has 1 atom stereocenters. The monoisotopic (exact) mass is 426 g/mol. The molecule has 30 heavy (non-hydrogen) atoms. The Labute approximate surface area is 185 Å². The molecule has 1 N–H and O–H groups in total. The zero-order valence-corrected chi connectivity index (χ0v) is 19.6. The van der Waals surface area contributed by atoms with Gasteiger partial charge in [-0.2, -0.15) is 0 Å². The summed E-state index contributed by atoms with van der Waals surface area (Å²) in [5.41, 5.74) is 4.69. The van der Waals surface area contributed by atoms with Crippen molar-refractivity contribution in [3.05, 3.63) is 70.8 Å². The van der Waals surface area contributed by atoms with Crippen LogP contribution in [-0.2, 0) is 21.9 Å². The first kappa shape index (κ1) is 24.0. The molecule has 0 aliphatic rings. The average molecular weight is 427 g/mol. The fraction of sp³-hybridized carbons (Fsp3) is 0.440. The second-order valence-corrected chi connectivity index (χ2v) is 9.00. The number of benzene rings is 2. The van der Waals surface area contributed by atoms with Crippen LogP contribution in [0.2, 0.25) is 0 Å². The van der Waals surface area contributed by atoms with Gasteiger partial charge in [0.1, 0.15) is 6.04 Å². The van der Waals surface area contributed by atoms with Gasteiger partial charge in [-0.3, -0.25) is 9.59 Å². The first-order valence-corrected chi connectivity index (χ1v) is 11.7. The van der Waals surface area contributed by atoms with Gasteiger partial charge in [0.05, 0.1) is 5.75 Å². The van der Waals surface area contributed by atoms with Crippen LogP contribution in [-0.4, -0.2) is 34.6 Å². The minimum Gasteiger partial charge on any atom is -0.352 e. The summed E-state index contributed by atoms with van der Waals surface area (Å²) in [6.45, 7) is 10.4. The topological polar surface area (TPSA) is 49.4 Å². The molecule has 2 aromatic carbocycles. The zero-order valence-electron chi connectivity index (χ0n) is 18.8. The van der Waals surface area contributed by atoms with Gasteiger partial charge in [-0.15, -0.1) is 11.8 Å². The van der Waals surface area contributed by atoms with E-state index in [0.717, 1.165) is 11.3 Å². The molecule has 5 heteroatoms. The van der Waals surface area contributed by atoms with Crippen molar-refractivity contribution in [3.8, 4) is 0 Å². The van der Waals surface area contributed by atoms with E-state index in [1.165, 1.54) is 16.7 Å². The van der Waals surface area contributed by atoms with Crippen LogP contribution < -0.4 is 5.32 Å². The van der Waals surface area contributed by atoms with E-state index in [0.29, 0.717) is 18.7 Å². The molecular weight excluding hydrogens is 392 g/mol. The maximum atomic E-state index is 13.2. The Morgan fingerprint density at radius 2 is 1.70 bits per heavy atom. The minimum atomic E-state index is -0.472. The SMILES string of the molecule is CC[C@@H](C(=O)NC(C)C)N(Cc1ccc(C)cc1)C(=O)CSCc1ccccc1C. The average Bonchev–Trinajstić information content (AvgIpc) is 2.70. The molecule has 0 aliphatic carbocycles. The predicted molar refractivity (Wildman–Crippen MR) is 126 cm³/mol. The van der Waals surface area contributed by atoms with E-state index in [-0.39, 0.29) is 17.9 Å². The summed E-state index contributed by atoms with van der Waals surface area (Å²) >= 11 is 1.60. The number of nitrogens with zero attached hydrogens (tertiary/aromatic N) is 1. The van der Waals surface area contributed by atoms with Crippen LogP contribution >= 0.6 is 11.8 Å². The number of carbonyl (C=O) groups excluding carboxylic acids is 2. The van der Waals surface area contributed by atoms with Gasteiger partial charge < -0.3 is 10.2 Å². The van der Waals surface area contributed by atoms with Crippen LogP contribution in [0.1, 0.15) is 49.4 Å². The normalized spacial score (nSPS) is 11.9. The van der Waals surface area contributed by atoms with E-state index in [1.54, 1.807) is 16.7 Å². The van der Waals surface area contributed by atoms with Crippen LogP contribution in [0.25, 0.3) is 0 Å². The third kappa shape index (κ3) is 7.21. The standard InChI is InChI=1S/C25H34N2O2S/c1-6-23(25(29)26-18(2)3)27(15-21-13-11-19(4)12-14-21)24(28)17-30-16-22-10-8-7-9-20(22)5/h7-14,18,23H,6,15-17H2,1-5H3,(H,26,29)/t23-/m0/s1. The number of thioether (sulfide) groups is 1. The summed E-state index contributed by atoms with van der Waals surface area (Å²) in [6, 6.07) is 16.0. The molecule has 0 radical (unpaired) electrons. The molecule has 0 heterocycles. The molecule has 4 nitrogen and oxygen atoms in total. The molecular formula is C25H34N2O2S. The van der Waals surface area contributed by atoms with E-state index in [1.807, 2.05) is 64.1 Å². The molecule has 162 valence electrons. The van der Waals surface area contributed by atoms with Crippen LogP contribution in [0.15, 0.2) is 48.5 Å². The Morgan fingerprint density at radius 3 is 2.30 bits per heavy atom. The van der Waals surface area contributed by atoms with Gasteiger partial charge in [0, 0.05) is 18.3 Å². The molecule has 0 saturated heterocycles. The van der Waals surface area contributed by atoms with Crippen molar-refractivity contribution in [2.24, 2.45) is 0 Å². The molecule has 2 aromatic rings. The highest BCUT2D eigenvalue weighted by Gasteiger charge is 2.28. The Morgan fingerprint density at radius 1 is 1.03 bits per heavy atom. The Kier molecular flexibility index (Phi) is 9.44. The summed E-state index contributed by atoms with van der Waals surface area (Å²) in [7, 11) is 0. The minimum absolute atomic E-state index is 0.0000784. The molecule has 0 aliphatic heterocycles. The van der Waals surface area contributed by atoms with Gasteiger partial charge in [0.25, 0.3) is 0 Å². The molecule has 0 fully saturated rings. The lowest BCUT2D eigenvalue weighted by Gasteiger charge is -2.31. The first-order valence-electron chi connectivity index (χ1n) is 10.6. The molecule has 0 unspecified atom stereocenters. The fourth-order valence-corrected chi connectivity index (χ4v) is 4.28. The van der Waals surface area contributed by atoms with E-state index < -0.39 is 6.04 Å². The predicted octanol–water partition coefficient (Wildman–Crippen LogP) is 4.87. The number of hydrogen-bond acceptors (Lipinski definition) is 3. The number of carbonyl (C=O) groups is 2. The molecule has 0 spiro atoms. The highest BCUT2D eigenvalue weighted by Crippen LogP contribution is 2.19. The lowest BCUT2D eigenvalue weighted by molar-refractivity contribution is -0.139.